The SMILES string of the molecule is Cc1cc(Cc2nc3c(cnc4ccc(Cl)cc43)[nH]2)no1. The van der Waals surface area contributed by atoms with Gasteiger partial charge in [0.05, 0.1) is 34.9 Å². The standard InChI is InChI=1S/C15H11ClN4O/c1-8-4-10(20-21-8)6-14-18-13-7-17-12-3-2-9(16)5-11(12)15(13)19-14/h2-5,7H,6H2,1H3,(H,18,19). The topological polar surface area (TPSA) is 67.6 Å². The second kappa shape index (κ2) is 4.56. The summed E-state index contributed by atoms with van der Waals surface area (Å²) in [5.41, 5.74) is 3.49. The number of rotatable bonds is 2. The number of aromatic amines is 1. The minimum absolute atomic E-state index is 0.591. The molecular weight excluding hydrogens is 288 g/mol. The molecule has 5 nitrogen and oxygen atoms in total. The van der Waals surface area contributed by atoms with Crippen LogP contribution in [0.2, 0.25) is 5.02 Å². The second-order valence-electron chi connectivity index (χ2n) is 4.97. The molecule has 0 aliphatic heterocycles. The molecule has 0 saturated carbocycles. The van der Waals surface area contributed by atoms with Crippen LogP contribution in [0.25, 0.3) is 21.9 Å². The van der Waals surface area contributed by atoms with E-state index in [1.54, 1.807) is 6.20 Å². The molecule has 4 aromatic rings. The Morgan fingerprint density at radius 1 is 1.29 bits per heavy atom. The van der Waals surface area contributed by atoms with Gasteiger partial charge in [-0.2, -0.15) is 0 Å². The van der Waals surface area contributed by atoms with E-state index in [4.69, 9.17) is 16.1 Å². The molecule has 0 aliphatic rings. The molecule has 3 aromatic heterocycles. The summed E-state index contributed by atoms with van der Waals surface area (Å²) in [4.78, 5) is 12.3. The molecule has 0 unspecified atom stereocenters. The van der Waals surface area contributed by atoms with Gasteiger partial charge in [0.25, 0.3) is 0 Å². The van der Waals surface area contributed by atoms with Crippen LogP contribution in [0, 0.1) is 6.92 Å². The molecule has 4 rings (SSSR count). The lowest BCUT2D eigenvalue weighted by Gasteiger charge is -1.97. The molecule has 0 bridgehead atoms. The van der Waals surface area contributed by atoms with Gasteiger partial charge in [-0.15, -0.1) is 0 Å². The van der Waals surface area contributed by atoms with Gasteiger partial charge in [-0.05, 0) is 25.1 Å². The zero-order valence-corrected chi connectivity index (χ0v) is 12.0. The van der Waals surface area contributed by atoms with Crippen molar-refractivity contribution in [2.24, 2.45) is 0 Å². The van der Waals surface area contributed by atoms with Crippen molar-refractivity contribution in [3.63, 3.8) is 0 Å². The molecule has 104 valence electrons. The number of nitrogens with zero attached hydrogens (tertiary/aromatic N) is 3. The molecule has 1 aromatic carbocycles. The third kappa shape index (κ3) is 2.15. The lowest BCUT2D eigenvalue weighted by molar-refractivity contribution is 0.391. The van der Waals surface area contributed by atoms with Gasteiger partial charge >= 0.3 is 0 Å². The van der Waals surface area contributed by atoms with Crippen LogP contribution in [0.15, 0.2) is 35.0 Å². The molecule has 0 saturated heterocycles. The van der Waals surface area contributed by atoms with Gasteiger partial charge in [-0.25, -0.2) is 4.98 Å². The van der Waals surface area contributed by atoms with E-state index in [2.05, 4.69) is 20.1 Å². The molecule has 21 heavy (non-hydrogen) atoms. The van der Waals surface area contributed by atoms with Crippen molar-refractivity contribution < 1.29 is 4.52 Å². The molecule has 0 fully saturated rings. The molecule has 3 heterocycles. The third-order valence-corrected chi connectivity index (χ3v) is 3.59. The Hall–Kier alpha value is -2.40. The number of imidazole rings is 1. The molecular formula is C15H11ClN4O. The fourth-order valence-electron chi connectivity index (χ4n) is 2.44. The zero-order valence-electron chi connectivity index (χ0n) is 11.2. The fraction of sp³-hybridized carbons (Fsp3) is 0.133. The Kier molecular flexibility index (Phi) is 2.68. The summed E-state index contributed by atoms with van der Waals surface area (Å²) in [7, 11) is 0. The van der Waals surface area contributed by atoms with E-state index in [0.717, 1.165) is 39.2 Å². The summed E-state index contributed by atoms with van der Waals surface area (Å²) in [5, 5.41) is 5.60. The summed E-state index contributed by atoms with van der Waals surface area (Å²) in [6, 6.07) is 7.51. The first kappa shape index (κ1) is 12.3. The first-order chi connectivity index (χ1) is 10.2. The average molecular weight is 299 g/mol. The minimum atomic E-state index is 0.591. The number of halogens is 1. The number of fused-ring (bicyclic) bond motifs is 3. The summed E-state index contributed by atoms with van der Waals surface area (Å²) in [6.45, 7) is 1.87. The van der Waals surface area contributed by atoms with Crippen LogP contribution in [0.5, 0.6) is 0 Å². The van der Waals surface area contributed by atoms with Crippen LogP contribution < -0.4 is 0 Å². The van der Waals surface area contributed by atoms with Crippen molar-refractivity contribution in [1.82, 2.24) is 20.1 Å². The molecule has 1 N–H and O–H groups in total. The summed E-state index contributed by atoms with van der Waals surface area (Å²) < 4.78 is 5.08. The Labute approximate surface area is 124 Å². The van der Waals surface area contributed by atoms with Gasteiger partial charge in [0.2, 0.25) is 0 Å². The maximum absolute atomic E-state index is 6.07. The number of benzene rings is 1. The number of nitrogens with one attached hydrogen (secondary N) is 1. The van der Waals surface area contributed by atoms with Crippen LogP contribution in [0.3, 0.4) is 0 Å². The van der Waals surface area contributed by atoms with Gasteiger partial charge in [0.1, 0.15) is 11.6 Å². The predicted molar refractivity (Wildman–Crippen MR) is 80.5 cm³/mol. The van der Waals surface area contributed by atoms with E-state index >= 15 is 0 Å². The van der Waals surface area contributed by atoms with Crippen LogP contribution in [0.1, 0.15) is 17.3 Å². The van der Waals surface area contributed by atoms with Crippen LogP contribution >= 0.6 is 11.6 Å². The first-order valence-electron chi connectivity index (χ1n) is 6.54. The number of hydrogen-bond acceptors (Lipinski definition) is 4. The molecule has 0 amide bonds. The number of hydrogen-bond donors (Lipinski definition) is 1. The monoisotopic (exact) mass is 298 g/mol. The smallest absolute Gasteiger partial charge is 0.133 e. The molecule has 0 radical (unpaired) electrons. The molecule has 0 aliphatic carbocycles. The van der Waals surface area contributed by atoms with Crippen molar-refractivity contribution in [3.05, 3.63) is 52.8 Å². The van der Waals surface area contributed by atoms with Crippen molar-refractivity contribution in [1.29, 1.82) is 0 Å². The van der Waals surface area contributed by atoms with Gasteiger partial charge < -0.3 is 9.51 Å². The number of pyridine rings is 1. The van der Waals surface area contributed by atoms with Gasteiger partial charge in [0.15, 0.2) is 0 Å². The normalized spacial score (nSPS) is 11.5. The average Bonchev–Trinajstić information content (AvgIpc) is 3.05. The first-order valence-corrected chi connectivity index (χ1v) is 6.92. The highest BCUT2D eigenvalue weighted by molar-refractivity contribution is 6.31. The fourth-order valence-corrected chi connectivity index (χ4v) is 2.61. The Morgan fingerprint density at radius 2 is 2.19 bits per heavy atom. The summed E-state index contributed by atoms with van der Waals surface area (Å²) >= 11 is 6.07. The Balaban J connectivity index is 1.85. The lowest BCUT2D eigenvalue weighted by Crippen LogP contribution is -1.90. The van der Waals surface area contributed by atoms with Crippen molar-refractivity contribution in [3.8, 4) is 0 Å². The minimum Gasteiger partial charge on any atom is -0.361 e. The van der Waals surface area contributed by atoms with E-state index in [1.165, 1.54) is 0 Å². The zero-order chi connectivity index (χ0) is 14.4. The van der Waals surface area contributed by atoms with E-state index < -0.39 is 0 Å². The van der Waals surface area contributed by atoms with Crippen molar-refractivity contribution in [2.75, 3.05) is 0 Å². The van der Waals surface area contributed by atoms with E-state index in [9.17, 15) is 0 Å². The van der Waals surface area contributed by atoms with Gasteiger partial charge in [0, 0.05) is 16.5 Å². The van der Waals surface area contributed by atoms with E-state index in [0.29, 0.717) is 11.4 Å². The quantitative estimate of drug-likeness (QED) is 0.613. The van der Waals surface area contributed by atoms with Crippen LogP contribution in [0.4, 0.5) is 0 Å². The number of H-pyrrole nitrogens is 1. The maximum atomic E-state index is 6.07. The van der Waals surface area contributed by atoms with E-state index in [-0.39, 0.29) is 0 Å². The highest BCUT2D eigenvalue weighted by Gasteiger charge is 2.10. The predicted octanol–water partition coefficient (Wildman–Crippen LogP) is 3.65. The van der Waals surface area contributed by atoms with Gasteiger partial charge in [-0.1, -0.05) is 16.8 Å². The highest BCUT2D eigenvalue weighted by Crippen LogP contribution is 2.25. The summed E-state index contributed by atoms with van der Waals surface area (Å²) in [5.74, 6) is 1.62. The third-order valence-electron chi connectivity index (χ3n) is 3.35. The van der Waals surface area contributed by atoms with E-state index in [1.807, 2.05) is 31.2 Å². The second-order valence-corrected chi connectivity index (χ2v) is 5.41. The maximum Gasteiger partial charge on any atom is 0.133 e. The van der Waals surface area contributed by atoms with Crippen LogP contribution in [-0.2, 0) is 6.42 Å². The molecule has 0 atom stereocenters. The van der Waals surface area contributed by atoms with Crippen molar-refractivity contribution >= 4 is 33.5 Å². The van der Waals surface area contributed by atoms with Crippen molar-refractivity contribution in [2.45, 2.75) is 13.3 Å². The lowest BCUT2D eigenvalue weighted by atomic mass is 10.2. The highest BCUT2D eigenvalue weighted by atomic mass is 35.5. The summed E-state index contributed by atoms with van der Waals surface area (Å²) in [6.07, 6.45) is 2.38. The Bertz CT molecular complexity index is 957. The molecule has 6 heteroatoms. The molecule has 0 spiro atoms. The largest absolute Gasteiger partial charge is 0.361 e. The Morgan fingerprint density at radius 3 is 3.00 bits per heavy atom. The number of aryl methyl sites for hydroxylation is 1. The van der Waals surface area contributed by atoms with Crippen LogP contribution in [-0.4, -0.2) is 20.1 Å². The number of aromatic nitrogens is 4. The van der Waals surface area contributed by atoms with Gasteiger partial charge in [-0.3, -0.25) is 4.98 Å².